The molecule has 2 N–H and O–H groups in total. The quantitative estimate of drug-likeness (QED) is 0.308. The van der Waals surface area contributed by atoms with E-state index in [1.807, 2.05) is 0 Å². The summed E-state index contributed by atoms with van der Waals surface area (Å²) in [6.45, 7) is 8.45. The van der Waals surface area contributed by atoms with Crippen molar-refractivity contribution >= 4 is 29.9 Å². The lowest BCUT2D eigenvalue weighted by Crippen LogP contribution is -2.39. The number of unbranched alkanes of at least 4 members (excludes halogenated alkanes) is 2. The Morgan fingerprint density at radius 1 is 1.26 bits per heavy atom. The van der Waals surface area contributed by atoms with Crippen LogP contribution in [0, 0.1) is 0 Å². The lowest BCUT2D eigenvalue weighted by atomic mass is 10.2. The van der Waals surface area contributed by atoms with E-state index in [4.69, 9.17) is 4.99 Å². The van der Waals surface area contributed by atoms with Crippen molar-refractivity contribution in [1.82, 2.24) is 15.5 Å². The van der Waals surface area contributed by atoms with Gasteiger partial charge >= 0.3 is 0 Å². The van der Waals surface area contributed by atoms with Crippen molar-refractivity contribution in [2.24, 2.45) is 4.99 Å². The molecule has 1 unspecified atom stereocenters. The molecule has 5 heteroatoms. The first kappa shape index (κ1) is 19.0. The van der Waals surface area contributed by atoms with Gasteiger partial charge in [-0.15, -0.1) is 24.0 Å². The molecule has 0 bridgehead atoms. The highest BCUT2D eigenvalue weighted by molar-refractivity contribution is 14.0. The fraction of sp³-hybridized carbons (Fsp3) is 0.929. The molecule has 0 aromatic rings. The number of guanidine groups is 1. The van der Waals surface area contributed by atoms with Gasteiger partial charge in [0.15, 0.2) is 5.96 Å². The van der Waals surface area contributed by atoms with Gasteiger partial charge in [-0.05, 0) is 39.8 Å². The normalized spacial score (nSPS) is 20.2. The van der Waals surface area contributed by atoms with Crippen molar-refractivity contribution in [3.8, 4) is 0 Å². The SMILES string of the molecule is CCCCCNC(=NCC1CCCN1C)NCC.I. The molecule has 1 aliphatic heterocycles. The van der Waals surface area contributed by atoms with Crippen LogP contribution in [0.5, 0.6) is 0 Å². The third-order valence-electron chi connectivity index (χ3n) is 3.55. The maximum absolute atomic E-state index is 4.70. The first-order chi connectivity index (χ1) is 8.77. The van der Waals surface area contributed by atoms with Crippen molar-refractivity contribution in [2.45, 2.75) is 52.0 Å². The number of likely N-dealkylation sites (N-methyl/N-ethyl adjacent to an activating group) is 1. The molecule has 1 atom stereocenters. The Kier molecular flexibility index (Phi) is 11.7. The number of rotatable bonds is 7. The zero-order chi connectivity index (χ0) is 13.2. The van der Waals surface area contributed by atoms with Gasteiger partial charge < -0.3 is 15.5 Å². The molecule has 1 rings (SSSR count). The summed E-state index contributed by atoms with van der Waals surface area (Å²) < 4.78 is 0. The first-order valence-electron chi connectivity index (χ1n) is 7.50. The maximum Gasteiger partial charge on any atom is 0.191 e. The van der Waals surface area contributed by atoms with E-state index in [0.717, 1.165) is 25.6 Å². The van der Waals surface area contributed by atoms with Crippen LogP contribution in [0.3, 0.4) is 0 Å². The monoisotopic (exact) mass is 382 g/mol. The fourth-order valence-corrected chi connectivity index (χ4v) is 2.33. The average Bonchev–Trinajstić information content (AvgIpc) is 2.77. The lowest BCUT2D eigenvalue weighted by molar-refractivity contribution is 0.317. The lowest BCUT2D eigenvalue weighted by Gasteiger charge is -2.18. The molecule has 0 spiro atoms. The highest BCUT2D eigenvalue weighted by Gasteiger charge is 2.20. The van der Waals surface area contributed by atoms with Crippen LogP contribution in [0.25, 0.3) is 0 Å². The van der Waals surface area contributed by atoms with Crippen LogP contribution in [-0.2, 0) is 0 Å². The summed E-state index contributed by atoms with van der Waals surface area (Å²) in [7, 11) is 2.20. The molecule has 1 heterocycles. The van der Waals surface area contributed by atoms with Gasteiger partial charge in [-0.25, -0.2) is 0 Å². The zero-order valence-electron chi connectivity index (χ0n) is 12.7. The molecule has 0 aromatic carbocycles. The Morgan fingerprint density at radius 3 is 2.63 bits per heavy atom. The van der Waals surface area contributed by atoms with Crippen LogP contribution < -0.4 is 10.6 Å². The van der Waals surface area contributed by atoms with Gasteiger partial charge in [0.2, 0.25) is 0 Å². The van der Waals surface area contributed by atoms with Crippen molar-refractivity contribution < 1.29 is 0 Å². The molecule has 1 fully saturated rings. The maximum atomic E-state index is 4.70. The highest BCUT2D eigenvalue weighted by Crippen LogP contribution is 2.14. The van der Waals surface area contributed by atoms with Crippen LogP contribution in [0.15, 0.2) is 4.99 Å². The molecule has 1 aliphatic rings. The molecular formula is C14H31IN4. The van der Waals surface area contributed by atoms with Crippen LogP contribution in [0.4, 0.5) is 0 Å². The van der Waals surface area contributed by atoms with Crippen molar-refractivity contribution in [2.75, 3.05) is 33.2 Å². The third kappa shape index (κ3) is 7.97. The van der Waals surface area contributed by atoms with Crippen molar-refractivity contribution in [3.05, 3.63) is 0 Å². The molecular weight excluding hydrogens is 351 g/mol. The van der Waals surface area contributed by atoms with Gasteiger partial charge in [0.1, 0.15) is 0 Å². The summed E-state index contributed by atoms with van der Waals surface area (Å²) in [6.07, 6.45) is 6.39. The topological polar surface area (TPSA) is 39.7 Å². The van der Waals surface area contributed by atoms with Gasteiger partial charge in [0, 0.05) is 19.1 Å². The average molecular weight is 382 g/mol. The predicted molar refractivity (Wildman–Crippen MR) is 94.6 cm³/mol. The number of hydrogen-bond donors (Lipinski definition) is 2. The van der Waals surface area contributed by atoms with E-state index in [2.05, 4.69) is 36.4 Å². The van der Waals surface area contributed by atoms with E-state index >= 15 is 0 Å². The van der Waals surface area contributed by atoms with Crippen LogP contribution >= 0.6 is 24.0 Å². The molecule has 0 radical (unpaired) electrons. The second-order valence-corrected chi connectivity index (χ2v) is 5.13. The number of nitrogens with zero attached hydrogens (tertiary/aromatic N) is 2. The van der Waals surface area contributed by atoms with E-state index < -0.39 is 0 Å². The summed E-state index contributed by atoms with van der Waals surface area (Å²) in [5.41, 5.74) is 0. The van der Waals surface area contributed by atoms with Gasteiger partial charge in [-0.1, -0.05) is 19.8 Å². The highest BCUT2D eigenvalue weighted by atomic mass is 127. The fourth-order valence-electron chi connectivity index (χ4n) is 2.33. The molecule has 114 valence electrons. The van der Waals surface area contributed by atoms with E-state index in [-0.39, 0.29) is 24.0 Å². The van der Waals surface area contributed by atoms with Crippen LogP contribution in [0.1, 0.15) is 46.0 Å². The number of halogens is 1. The second-order valence-electron chi connectivity index (χ2n) is 5.13. The summed E-state index contributed by atoms with van der Waals surface area (Å²) >= 11 is 0. The molecule has 1 saturated heterocycles. The predicted octanol–water partition coefficient (Wildman–Crippen LogP) is 2.44. The standard InChI is InChI=1S/C14H30N4.HI/c1-4-6-7-10-16-14(15-5-2)17-12-13-9-8-11-18(13)3;/h13H,4-12H2,1-3H3,(H2,15,16,17);1H. The number of likely N-dealkylation sites (tertiary alicyclic amines) is 1. The van der Waals surface area contributed by atoms with E-state index in [1.165, 1.54) is 38.6 Å². The molecule has 0 saturated carbocycles. The summed E-state index contributed by atoms with van der Waals surface area (Å²) in [5.74, 6) is 0.980. The smallest absolute Gasteiger partial charge is 0.191 e. The minimum atomic E-state index is 0. The summed E-state index contributed by atoms with van der Waals surface area (Å²) in [4.78, 5) is 7.12. The Morgan fingerprint density at radius 2 is 2.05 bits per heavy atom. The van der Waals surface area contributed by atoms with Crippen LogP contribution in [0.2, 0.25) is 0 Å². The Bertz CT molecular complexity index is 246. The molecule has 0 amide bonds. The van der Waals surface area contributed by atoms with E-state index in [1.54, 1.807) is 0 Å². The minimum Gasteiger partial charge on any atom is -0.357 e. The second kappa shape index (κ2) is 11.8. The largest absolute Gasteiger partial charge is 0.357 e. The number of hydrogen-bond acceptors (Lipinski definition) is 2. The number of nitrogens with one attached hydrogen (secondary N) is 2. The van der Waals surface area contributed by atoms with E-state index in [9.17, 15) is 0 Å². The van der Waals surface area contributed by atoms with Crippen LogP contribution in [-0.4, -0.2) is 50.1 Å². The third-order valence-corrected chi connectivity index (χ3v) is 3.55. The van der Waals surface area contributed by atoms with Gasteiger partial charge in [0.25, 0.3) is 0 Å². The molecule has 0 aliphatic carbocycles. The molecule has 4 nitrogen and oxygen atoms in total. The van der Waals surface area contributed by atoms with E-state index in [0.29, 0.717) is 6.04 Å². The zero-order valence-corrected chi connectivity index (χ0v) is 15.1. The van der Waals surface area contributed by atoms with Crippen molar-refractivity contribution in [1.29, 1.82) is 0 Å². The molecule has 0 aromatic heterocycles. The first-order valence-corrected chi connectivity index (χ1v) is 7.50. The number of aliphatic imine (C=N–C) groups is 1. The van der Waals surface area contributed by atoms with Gasteiger partial charge in [-0.2, -0.15) is 0 Å². The van der Waals surface area contributed by atoms with Crippen molar-refractivity contribution in [3.63, 3.8) is 0 Å². The Labute approximate surface area is 135 Å². The summed E-state index contributed by atoms with van der Waals surface area (Å²) in [5, 5.41) is 6.73. The summed E-state index contributed by atoms with van der Waals surface area (Å²) in [6, 6.07) is 0.635. The Balaban J connectivity index is 0.00000324. The minimum absolute atomic E-state index is 0. The molecule has 19 heavy (non-hydrogen) atoms. The Hall–Kier alpha value is -0.0400. The van der Waals surface area contributed by atoms with Gasteiger partial charge in [-0.3, -0.25) is 4.99 Å². The van der Waals surface area contributed by atoms with Gasteiger partial charge in [0.05, 0.1) is 6.54 Å².